The Labute approximate surface area is 352 Å². The van der Waals surface area contributed by atoms with Crippen molar-refractivity contribution in [2.45, 2.75) is 251 Å². The van der Waals surface area contributed by atoms with Crippen molar-refractivity contribution in [1.29, 1.82) is 0 Å². The Balaban J connectivity index is 3.92. The number of carbonyl (C=O) groups excluding carboxylic acids is 2. The number of phosphoric acid groups is 1. The van der Waals surface area contributed by atoms with Gasteiger partial charge >= 0.3 is 19.8 Å². The molecule has 9 heteroatoms. The number of hydrogen-bond donors (Lipinski definition) is 1. The normalized spacial score (nSPS) is 13.4. The highest BCUT2D eigenvalue weighted by Crippen LogP contribution is 2.42. The Morgan fingerprint density at radius 1 is 0.491 bits per heavy atom. The Morgan fingerprint density at radius 2 is 0.842 bits per heavy atom. The molecule has 0 spiro atoms. The molecule has 2 atom stereocenters. The summed E-state index contributed by atoms with van der Waals surface area (Å²) in [5.41, 5.74) is 0. The van der Waals surface area contributed by atoms with Crippen molar-refractivity contribution in [3.8, 4) is 0 Å². The highest BCUT2D eigenvalue weighted by Gasteiger charge is 2.24. The maximum Gasteiger partial charge on any atom is 0.472 e. The molecule has 0 radical (unpaired) electrons. The average Bonchev–Trinajstić information content (AvgIpc) is 3.20. The largest absolute Gasteiger partial charge is 0.472 e. The topological polar surface area (TPSA) is 108 Å². The summed E-state index contributed by atoms with van der Waals surface area (Å²) in [6.45, 7) is 3.91. The lowest BCUT2D eigenvalue weighted by Gasteiger charge is -2.19. The Kier molecular flexibility index (Phi) is 43.0. The molecule has 2 unspecified atom stereocenters. The van der Waals surface area contributed by atoms with E-state index in [0.29, 0.717) is 12.8 Å². The molecule has 0 bridgehead atoms. The molecule has 336 valence electrons. The zero-order chi connectivity index (χ0) is 41.8. The zero-order valence-electron chi connectivity index (χ0n) is 37.5. The van der Waals surface area contributed by atoms with E-state index < -0.39 is 26.5 Å². The third-order valence-electron chi connectivity index (χ3n) is 10.7. The van der Waals surface area contributed by atoms with Gasteiger partial charge in [0.2, 0.25) is 0 Å². The van der Waals surface area contributed by atoms with Crippen molar-refractivity contribution in [2.75, 3.05) is 20.3 Å². The maximum atomic E-state index is 12.5. The molecule has 0 aromatic carbocycles. The van der Waals surface area contributed by atoms with Gasteiger partial charge < -0.3 is 14.4 Å². The minimum absolute atomic E-state index is 0.222. The molecular weight excluding hydrogens is 735 g/mol. The van der Waals surface area contributed by atoms with Crippen molar-refractivity contribution in [3.63, 3.8) is 0 Å². The van der Waals surface area contributed by atoms with E-state index in [2.05, 4.69) is 42.7 Å². The molecule has 0 saturated carbocycles. The van der Waals surface area contributed by atoms with Crippen LogP contribution in [-0.2, 0) is 32.7 Å². The summed E-state index contributed by atoms with van der Waals surface area (Å²) in [5, 5.41) is 0. The van der Waals surface area contributed by atoms with Crippen LogP contribution in [0.5, 0.6) is 0 Å². The minimum Gasteiger partial charge on any atom is -0.462 e. The number of rotatable bonds is 45. The first-order valence-electron chi connectivity index (χ1n) is 24.0. The van der Waals surface area contributed by atoms with E-state index in [0.717, 1.165) is 52.1 Å². The van der Waals surface area contributed by atoms with Crippen molar-refractivity contribution < 1.29 is 37.6 Å². The van der Waals surface area contributed by atoms with Crippen LogP contribution >= 0.6 is 7.82 Å². The summed E-state index contributed by atoms with van der Waals surface area (Å²) in [4.78, 5) is 34.6. The summed E-state index contributed by atoms with van der Waals surface area (Å²) in [5.74, 6) is -0.796. The van der Waals surface area contributed by atoms with Crippen LogP contribution in [0.1, 0.15) is 245 Å². The highest BCUT2D eigenvalue weighted by atomic mass is 31.2. The van der Waals surface area contributed by atoms with Crippen LogP contribution < -0.4 is 0 Å². The molecule has 0 aliphatic rings. The van der Waals surface area contributed by atoms with Crippen LogP contribution in [-0.4, -0.2) is 43.3 Å². The maximum absolute atomic E-state index is 12.5. The predicted octanol–water partition coefficient (Wildman–Crippen LogP) is 15.4. The van der Waals surface area contributed by atoms with E-state index >= 15 is 0 Å². The molecule has 0 saturated heterocycles. The summed E-state index contributed by atoms with van der Waals surface area (Å²) < 4.78 is 32.1. The first-order valence-corrected chi connectivity index (χ1v) is 25.5. The molecule has 0 aliphatic carbocycles. The van der Waals surface area contributed by atoms with Gasteiger partial charge in [0.05, 0.1) is 6.61 Å². The monoisotopic (exact) mass is 827 g/mol. The molecule has 0 fully saturated rings. The summed E-state index contributed by atoms with van der Waals surface area (Å²) >= 11 is 0. The third-order valence-corrected chi connectivity index (χ3v) is 11.6. The van der Waals surface area contributed by atoms with Gasteiger partial charge in [-0.25, -0.2) is 4.57 Å². The molecule has 0 heterocycles. The number of hydrogen-bond acceptors (Lipinski definition) is 7. The second-order valence-electron chi connectivity index (χ2n) is 16.3. The van der Waals surface area contributed by atoms with Crippen LogP contribution in [0.25, 0.3) is 0 Å². The van der Waals surface area contributed by atoms with Gasteiger partial charge in [0.25, 0.3) is 0 Å². The van der Waals surface area contributed by atoms with Crippen molar-refractivity contribution in [2.24, 2.45) is 0 Å². The minimum atomic E-state index is -4.26. The van der Waals surface area contributed by atoms with Crippen LogP contribution in [0.2, 0.25) is 0 Å². The van der Waals surface area contributed by atoms with Crippen LogP contribution in [0.3, 0.4) is 0 Å². The lowest BCUT2D eigenvalue weighted by molar-refractivity contribution is -0.161. The highest BCUT2D eigenvalue weighted by molar-refractivity contribution is 7.47. The van der Waals surface area contributed by atoms with E-state index in [9.17, 15) is 19.0 Å². The molecule has 0 rings (SSSR count). The van der Waals surface area contributed by atoms with Gasteiger partial charge in [0.15, 0.2) is 6.10 Å². The number of unbranched alkanes of at least 4 members (excludes halogenated alkanes) is 30. The molecule has 1 N–H and O–H groups in total. The number of phosphoric ester groups is 1. The number of allylic oxidation sites excluding steroid dienone is 4. The molecule has 0 aliphatic heterocycles. The predicted molar refractivity (Wildman–Crippen MR) is 239 cm³/mol. The molecule has 57 heavy (non-hydrogen) atoms. The molecule has 8 nitrogen and oxygen atoms in total. The first kappa shape index (κ1) is 55.5. The number of ether oxygens (including phenoxy) is 2. The fraction of sp³-hybridized carbons (Fsp3) is 0.875. The quantitative estimate of drug-likeness (QED) is 0.0280. The lowest BCUT2D eigenvalue weighted by Crippen LogP contribution is -2.29. The smallest absolute Gasteiger partial charge is 0.462 e. The second kappa shape index (κ2) is 44.1. The van der Waals surface area contributed by atoms with Gasteiger partial charge in [-0.15, -0.1) is 0 Å². The summed E-state index contributed by atoms with van der Waals surface area (Å²) in [7, 11) is -3.20. The Bertz CT molecular complexity index is 983. The second-order valence-corrected chi connectivity index (χ2v) is 17.8. The Morgan fingerprint density at radius 3 is 1.23 bits per heavy atom. The summed E-state index contributed by atoms with van der Waals surface area (Å²) in [6.07, 6.45) is 50.9. The van der Waals surface area contributed by atoms with Crippen molar-refractivity contribution >= 4 is 19.8 Å². The number of carbonyl (C=O) groups is 2. The average molecular weight is 827 g/mol. The number of esters is 2. The van der Waals surface area contributed by atoms with Gasteiger partial charge in [-0.3, -0.25) is 18.6 Å². The van der Waals surface area contributed by atoms with Gasteiger partial charge in [-0.2, -0.15) is 0 Å². The van der Waals surface area contributed by atoms with E-state index in [1.807, 2.05) is 0 Å². The SMILES string of the molecule is CCCCCCC/C=C\C/C=C\CCCCCCCCCCCC(=O)OC(COC(=O)CCCCCCCCCCCCCCCCCCC)COP(=O)(O)OC. The van der Waals surface area contributed by atoms with E-state index in [-0.39, 0.29) is 19.0 Å². The van der Waals surface area contributed by atoms with Gasteiger partial charge in [0.1, 0.15) is 6.61 Å². The first-order chi connectivity index (χ1) is 27.8. The molecule has 0 amide bonds. The van der Waals surface area contributed by atoms with E-state index in [1.54, 1.807) is 0 Å². The fourth-order valence-corrected chi connectivity index (χ4v) is 7.44. The van der Waals surface area contributed by atoms with Crippen LogP contribution in [0.4, 0.5) is 0 Å². The van der Waals surface area contributed by atoms with Gasteiger partial charge in [0, 0.05) is 20.0 Å². The lowest BCUT2D eigenvalue weighted by atomic mass is 10.0. The van der Waals surface area contributed by atoms with Crippen LogP contribution in [0, 0.1) is 0 Å². The standard InChI is InChI=1S/C48H91O8P/c1-4-6-8-10-12-14-16-18-20-22-23-24-25-27-29-31-33-35-37-39-41-43-48(50)56-46(45-55-57(51,52)53-3)44-54-47(49)42-40-38-36-34-32-30-28-26-21-19-17-15-13-11-9-7-5-2/h16,18,22-23,46H,4-15,17,19-21,24-45H2,1-3H3,(H,51,52)/b18-16-,23-22-. The molecule has 0 aromatic heterocycles. The molecule has 0 aromatic rings. The Hall–Kier alpha value is -1.47. The van der Waals surface area contributed by atoms with E-state index in [1.165, 1.54) is 167 Å². The van der Waals surface area contributed by atoms with Crippen LogP contribution in [0.15, 0.2) is 24.3 Å². The van der Waals surface area contributed by atoms with Crippen molar-refractivity contribution in [3.05, 3.63) is 24.3 Å². The zero-order valence-corrected chi connectivity index (χ0v) is 38.4. The van der Waals surface area contributed by atoms with Gasteiger partial charge in [-0.1, -0.05) is 212 Å². The van der Waals surface area contributed by atoms with E-state index in [4.69, 9.17) is 14.0 Å². The van der Waals surface area contributed by atoms with Crippen molar-refractivity contribution in [1.82, 2.24) is 0 Å². The fourth-order valence-electron chi connectivity index (χ4n) is 6.98. The van der Waals surface area contributed by atoms with Gasteiger partial charge in [-0.05, 0) is 44.9 Å². The third kappa shape index (κ3) is 43.9. The molecular formula is C48H91O8P. The summed E-state index contributed by atoms with van der Waals surface area (Å²) in [6, 6.07) is 0.